The van der Waals surface area contributed by atoms with E-state index in [1.807, 2.05) is 6.07 Å². The van der Waals surface area contributed by atoms with Crippen molar-refractivity contribution < 1.29 is 46.8 Å². The summed E-state index contributed by atoms with van der Waals surface area (Å²) in [4.78, 5) is 8.90. The molecule has 3 aromatic rings. The van der Waals surface area contributed by atoms with Crippen molar-refractivity contribution in [3.63, 3.8) is 0 Å². The number of hydrogen-bond donors (Lipinski definition) is 3. The number of carboxylic acids is 1. The molecule has 0 aliphatic carbocycles. The van der Waals surface area contributed by atoms with Crippen LogP contribution in [0.4, 0.5) is 17.6 Å². The number of aliphatic hydroxyl groups is 1. The lowest BCUT2D eigenvalue weighted by Crippen LogP contribution is -2.38. The monoisotopic (exact) mass is 599 g/mol. The number of aliphatic hydroxyl groups excluding tert-OH is 1. The van der Waals surface area contributed by atoms with Crippen molar-refractivity contribution in [3.05, 3.63) is 46.2 Å². The lowest BCUT2D eigenvalue weighted by molar-refractivity contribution is -0.192. The van der Waals surface area contributed by atoms with Crippen LogP contribution in [-0.4, -0.2) is 71.1 Å². The number of carboxylic acid groups (broad SMARTS) is 1. The third kappa shape index (κ3) is 7.88. The summed E-state index contributed by atoms with van der Waals surface area (Å²) in [5, 5.41) is 26.1. The number of nitrogens with two attached hydrogens (primary N) is 1. The standard InChI is InChI=1S/C20H18Cl2FN3O4S.C2HF3O2/c21-14-5-18(29-7-11(24)6-27)16(23)4-13(14)20-26-25-19(31-20)10-1-2-17(15(22)3-10)30-12-8-28-9-12;3-2(4,5)1(6)7/h1-5,11-12,27H,6-9,24H2;(H,6,7)/t11-;/m1./s1. The fraction of sp³-hybridized carbons (Fsp3) is 0.318. The molecule has 0 unspecified atom stereocenters. The number of halogens is 6. The highest BCUT2D eigenvalue weighted by Gasteiger charge is 2.38. The first-order valence-electron chi connectivity index (χ1n) is 10.6. The van der Waals surface area contributed by atoms with Crippen LogP contribution >= 0.6 is 34.5 Å². The fourth-order valence-corrected chi connectivity index (χ4v) is 4.09. The average Bonchev–Trinajstić information content (AvgIpc) is 3.32. The number of alkyl halides is 3. The normalized spacial score (nSPS) is 14.2. The zero-order valence-electron chi connectivity index (χ0n) is 19.0. The molecule has 0 spiro atoms. The molecule has 38 heavy (non-hydrogen) atoms. The van der Waals surface area contributed by atoms with Gasteiger partial charge in [-0.25, -0.2) is 9.18 Å². The van der Waals surface area contributed by atoms with Gasteiger partial charge in [0.05, 0.1) is 35.9 Å². The molecule has 0 amide bonds. The van der Waals surface area contributed by atoms with Crippen LogP contribution in [0.15, 0.2) is 30.3 Å². The van der Waals surface area contributed by atoms with Gasteiger partial charge in [-0.2, -0.15) is 13.2 Å². The van der Waals surface area contributed by atoms with Gasteiger partial charge in [-0.05, 0) is 24.3 Å². The first-order valence-corrected chi connectivity index (χ1v) is 12.1. The number of rotatable bonds is 8. The molecule has 4 N–H and O–H groups in total. The Kier molecular flexibility index (Phi) is 10.1. The van der Waals surface area contributed by atoms with Crippen LogP contribution < -0.4 is 15.2 Å². The second-order valence-electron chi connectivity index (χ2n) is 7.65. The summed E-state index contributed by atoms with van der Waals surface area (Å²) in [7, 11) is 0. The summed E-state index contributed by atoms with van der Waals surface area (Å²) < 4.78 is 62.3. The number of benzene rings is 2. The first kappa shape index (κ1) is 29.8. The second-order valence-corrected chi connectivity index (χ2v) is 9.45. The van der Waals surface area contributed by atoms with Crippen molar-refractivity contribution in [1.82, 2.24) is 10.2 Å². The van der Waals surface area contributed by atoms with E-state index in [1.165, 1.54) is 23.5 Å². The van der Waals surface area contributed by atoms with Crippen LogP contribution in [0.2, 0.25) is 10.0 Å². The Bertz CT molecular complexity index is 1280. The highest BCUT2D eigenvalue weighted by atomic mass is 35.5. The molecule has 1 saturated heterocycles. The van der Waals surface area contributed by atoms with Gasteiger partial charge in [-0.15, -0.1) is 10.2 Å². The fourth-order valence-electron chi connectivity index (χ4n) is 2.69. The maximum absolute atomic E-state index is 14.5. The third-order valence-electron chi connectivity index (χ3n) is 4.69. The van der Waals surface area contributed by atoms with Crippen molar-refractivity contribution in [2.75, 3.05) is 26.4 Å². The Balaban J connectivity index is 0.000000505. The smallest absolute Gasteiger partial charge is 0.489 e. The predicted molar refractivity (Wildman–Crippen MR) is 130 cm³/mol. The Labute approximate surface area is 226 Å². The maximum Gasteiger partial charge on any atom is 0.490 e. The summed E-state index contributed by atoms with van der Waals surface area (Å²) in [6.45, 7) is 0.786. The van der Waals surface area contributed by atoms with Crippen molar-refractivity contribution in [2.24, 2.45) is 5.73 Å². The van der Waals surface area contributed by atoms with E-state index in [1.54, 1.807) is 12.1 Å². The number of aliphatic carboxylic acids is 1. The molecule has 9 nitrogen and oxygen atoms in total. The van der Waals surface area contributed by atoms with Crippen LogP contribution in [0, 0.1) is 5.82 Å². The molecule has 1 aliphatic heterocycles. The molecule has 1 fully saturated rings. The Hall–Kier alpha value is -2.75. The van der Waals surface area contributed by atoms with Crippen molar-refractivity contribution in [1.29, 1.82) is 0 Å². The average molecular weight is 600 g/mol. The molecule has 0 saturated carbocycles. The number of carbonyl (C=O) groups is 1. The van der Waals surface area contributed by atoms with E-state index in [4.69, 9.17) is 58.2 Å². The lowest BCUT2D eigenvalue weighted by atomic mass is 10.2. The molecule has 1 atom stereocenters. The van der Waals surface area contributed by atoms with E-state index >= 15 is 0 Å². The van der Waals surface area contributed by atoms with Gasteiger partial charge in [0.15, 0.2) is 11.6 Å². The minimum Gasteiger partial charge on any atom is -0.489 e. The Morgan fingerprint density at radius 2 is 1.82 bits per heavy atom. The van der Waals surface area contributed by atoms with Gasteiger partial charge in [0, 0.05) is 17.2 Å². The molecule has 0 radical (unpaired) electrons. The molecule has 1 aromatic heterocycles. The number of aromatic nitrogens is 2. The maximum atomic E-state index is 14.5. The topological polar surface area (TPSA) is 137 Å². The molecule has 2 aromatic carbocycles. The van der Waals surface area contributed by atoms with Gasteiger partial charge in [0.2, 0.25) is 0 Å². The predicted octanol–water partition coefficient (Wildman–Crippen LogP) is 4.43. The van der Waals surface area contributed by atoms with Crippen LogP contribution in [0.5, 0.6) is 11.5 Å². The lowest BCUT2D eigenvalue weighted by Gasteiger charge is -2.27. The molecule has 206 valence electrons. The molecule has 16 heteroatoms. The minimum atomic E-state index is -5.08. The number of nitrogens with zero attached hydrogens (tertiary/aromatic N) is 2. The van der Waals surface area contributed by atoms with Gasteiger partial charge in [0.1, 0.15) is 28.5 Å². The highest BCUT2D eigenvalue weighted by Crippen LogP contribution is 2.38. The molecular weight excluding hydrogens is 581 g/mol. The zero-order valence-corrected chi connectivity index (χ0v) is 21.4. The SMILES string of the molecule is N[C@H](CO)COc1cc(Cl)c(-c2nnc(-c3ccc(OC4COC4)c(Cl)c3)s2)cc1F.O=C(O)C(F)(F)F. The first-order chi connectivity index (χ1) is 17.9. The van der Waals surface area contributed by atoms with Crippen LogP contribution in [0.3, 0.4) is 0 Å². The van der Waals surface area contributed by atoms with Crippen LogP contribution in [-0.2, 0) is 9.53 Å². The van der Waals surface area contributed by atoms with E-state index in [-0.39, 0.29) is 30.1 Å². The van der Waals surface area contributed by atoms with E-state index in [2.05, 4.69) is 10.2 Å². The summed E-state index contributed by atoms with van der Waals surface area (Å²) in [6, 6.07) is 7.31. The summed E-state index contributed by atoms with van der Waals surface area (Å²) >= 11 is 13.9. The summed E-state index contributed by atoms with van der Waals surface area (Å²) in [6.07, 6.45) is -5.07. The molecular formula is C22H19Cl2F4N3O6S. The van der Waals surface area contributed by atoms with E-state index in [0.29, 0.717) is 39.6 Å². The molecule has 1 aliphatic rings. The Morgan fingerprint density at radius 1 is 1.16 bits per heavy atom. The summed E-state index contributed by atoms with van der Waals surface area (Å²) in [5.74, 6) is -2.86. The van der Waals surface area contributed by atoms with E-state index in [9.17, 15) is 17.6 Å². The number of ether oxygens (including phenoxy) is 3. The van der Waals surface area contributed by atoms with E-state index in [0.717, 1.165) is 5.56 Å². The van der Waals surface area contributed by atoms with Crippen molar-refractivity contribution in [2.45, 2.75) is 18.3 Å². The van der Waals surface area contributed by atoms with Crippen molar-refractivity contribution >= 4 is 40.5 Å². The second kappa shape index (κ2) is 12.9. The quantitative estimate of drug-likeness (QED) is 0.321. The third-order valence-corrected chi connectivity index (χ3v) is 6.30. The molecule has 0 bridgehead atoms. The van der Waals surface area contributed by atoms with Gasteiger partial charge in [-0.3, -0.25) is 0 Å². The zero-order chi connectivity index (χ0) is 28.0. The minimum absolute atomic E-state index is 0.0137. The van der Waals surface area contributed by atoms with Gasteiger partial charge < -0.3 is 30.2 Å². The highest BCUT2D eigenvalue weighted by molar-refractivity contribution is 7.18. The van der Waals surface area contributed by atoms with Gasteiger partial charge in [0.25, 0.3) is 0 Å². The van der Waals surface area contributed by atoms with Gasteiger partial charge >= 0.3 is 12.1 Å². The Morgan fingerprint density at radius 3 is 2.37 bits per heavy atom. The number of hydrogen-bond acceptors (Lipinski definition) is 9. The molecule has 2 heterocycles. The largest absolute Gasteiger partial charge is 0.490 e. The molecule has 4 rings (SSSR count). The van der Waals surface area contributed by atoms with Crippen molar-refractivity contribution in [3.8, 4) is 32.6 Å². The van der Waals surface area contributed by atoms with E-state index < -0.39 is 24.0 Å². The summed E-state index contributed by atoms with van der Waals surface area (Å²) in [5.41, 5.74) is 6.71. The van der Waals surface area contributed by atoms with Crippen LogP contribution in [0.1, 0.15) is 0 Å². The van der Waals surface area contributed by atoms with Crippen LogP contribution in [0.25, 0.3) is 21.1 Å². The van der Waals surface area contributed by atoms with Gasteiger partial charge in [-0.1, -0.05) is 34.5 Å².